The van der Waals surface area contributed by atoms with Gasteiger partial charge in [-0.2, -0.15) is 5.10 Å². The Balaban J connectivity index is 1.59. The van der Waals surface area contributed by atoms with E-state index in [9.17, 15) is 9.59 Å². The number of carbonyl (C=O) groups excluding carboxylic acids is 2. The second-order valence-corrected chi connectivity index (χ2v) is 6.68. The summed E-state index contributed by atoms with van der Waals surface area (Å²) >= 11 is 0. The minimum absolute atomic E-state index is 0.00770. The molecule has 0 aliphatic carbocycles. The number of rotatable bonds is 2. The molecule has 138 valence electrons. The van der Waals surface area contributed by atoms with Crippen LogP contribution < -0.4 is 0 Å². The van der Waals surface area contributed by atoms with E-state index >= 15 is 0 Å². The first-order chi connectivity index (χ1) is 13.1. The van der Waals surface area contributed by atoms with Crippen molar-refractivity contribution in [3.05, 3.63) is 54.5 Å². The van der Waals surface area contributed by atoms with E-state index in [4.69, 9.17) is 0 Å². The number of fused-ring (bicyclic) bond motifs is 1. The Morgan fingerprint density at radius 1 is 1.04 bits per heavy atom. The van der Waals surface area contributed by atoms with Gasteiger partial charge in [-0.25, -0.2) is 9.50 Å². The molecule has 3 heterocycles. The lowest BCUT2D eigenvalue weighted by atomic mass is 10.0. The fourth-order valence-corrected chi connectivity index (χ4v) is 3.47. The quantitative estimate of drug-likeness (QED) is 0.699. The Morgan fingerprint density at radius 2 is 1.85 bits per heavy atom. The molecular formula is C20H21N5O2. The highest BCUT2D eigenvalue weighted by atomic mass is 16.2. The van der Waals surface area contributed by atoms with E-state index < -0.39 is 0 Å². The first kappa shape index (κ1) is 17.2. The molecule has 1 saturated heterocycles. The van der Waals surface area contributed by atoms with Crippen LogP contribution in [0.4, 0.5) is 0 Å². The zero-order valence-corrected chi connectivity index (χ0v) is 15.2. The Labute approximate surface area is 157 Å². The molecule has 0 spiro atoms. The lowest BCUT2D eigenvalue weighted by molar-refractivity contribution is -0.128. The highest BCUT2D eigenvalue weighted by Crippen LogP contribution is 2.24. The van der Waals surface area contributed by atoms with Crippen molar-refractivity contribution in [3.63, 3.8) is 0 Å². The van der Waals surface area contributed by atoms with Crippen LogP contribution in [0.2, 0.25) is 0 Å². The Bertz CT molecular complexity index is 997. The second kappa shape index (κ2) is 7.19. The summed E-state index contributed by atoms with van der Waals surface area (Å²) in [5, 5.41) is 4.32. The van der Waals surface area contributed by atoms with Gasteiger partial charge >= 0.3 is 0 Å². The highest BCUT2D eigenvalue weighted by molar-refractivity contribution is 5.96. The number of benzene rings is 1. The molecule has 1 aromatic carbocycles. The largest absolute Gasteiger partial charge is 0.341 e. The van der Waals surface area contributed by atoms with Crippen LogP contribution in [0.3, 0.4) is 0 Å². The zero-order chi connectivity index (χ0) is 18.8. The van der Waals surface area contributed by atoms with Crippen molar-refractivity contribution < 1.29 is 9.59 Å². The molecule has 1 fully saturated rings. The predicted molar refractivity (Wildman–Crippen MR) is 101 cm³/mol. The van der Waals surface area contributed by atoms with Crippen LogP contribution in [-0.4, -0.2) is 62.4 Å². The van der Waals surface area contributed by atoms with E-state index in [2.05, 4.69) is 10.1 Å². The SMILES string of the molecule is CC(=O)N1CCCN(C(=O)c2cccc(-c3cnn4cccnc34)c2)CC1. The predicted octanol–water partition coefficient (Wildman–Crippen LogP) is 2.09. The summed E-state index contributed by atoms with van der Waals surface area (Å²) < 4.78 is 1.72. The Hall–Kier alpha value is -3.22. The van der Waals surface area contributed by atoms with E-state index in [1.54, 1.807) is 28.7 Å². The van der Waals surface area contributed by atoms with E-state index in [0.717, 1.165) is 23.2 Å². The summed E-state index contributed by atoms with van der Waals surface area (Å²) in [6.07, 6.45) is 6.14. The first-order valence-electron chi connectivity index (χ1n) is 9.07. The molecule has 2 amide bonds. The van der Waals surface area contributed by atoms with Crippen LogP contribution in [0, 0.1) is 0 Å². The normalized spacial score (nSPS) is 15.0. The van der Waals surface area contributed by atoms with Gasteiger partial charge in [-0.15, -0.1) is 0 Å². The lowest BCUT2D eigenvalue weighted by Gasteiger charge is -2.21. The van der Waals surface area contributed by atoms with Crippen molar-refractivity contribution in [3.8, 4) is 11.1 Å². The summed E-state index contributed by atoms with van der Waals surface area (Å²) in [5.41, 5.74) is 3.20. The maximum atomic E-state index is 13.0. The molecule has 0 radical (unpaired) electrons. The number of aromatic nitrogens is 3. The van der Waals surface area contributed by atoms with E-state index in [1.165, 1.54) is 0 Å². The minimum Gasteiger partial charge on any atom is -0.341 e. The Kier molecular flexibility index (Phi) is 4.58. The molecule has 27 heavy (non-hydrogen) atoms. The van der Waals surface area contributed by atoms with Crippen molar-refractivity contribution >= 4 is 17.5 Å². The number of hydrogen-bond donors (Lipinski definition) is 0. The van der Waals surface area contributed by atoms with Gasteiger partial charge in [-0.3, -0.25) is 9.59 Å². The van der Waals surface area contributed by atoms with Gasteiger partial charge < -0.3 is 9.80 Å². The standard InChI is InChI=1S/C20H21N5O2/c1-15(26)23-8-4-9-24(12-11-23)20(27)17-6-2-5-16(13-17)18-14-22-25-10-3-7-21-19(18)25/h2-3,5-7,10,13-14H,4,8-9,11-12H2,1H3. The summed E-state index contributed by atoms with van der Waals surface area (Å²) in [6.45, 7) is 4.07. The molecule has 0 atom stereocenters. The topological polar surface area (TPSA) is 70.8 Å². The first-order valence-corrected chi connectivity index (χ1v) is 9.07. The van der Waals surface area contributed by atoms with Gasteiger partial charge in [0.1, 0.15) is 0 Å². The van der Waals surface area contributed by atoms with Gasteiger partial charge in [-0.1, -0.05) is 12.1 Å². The summed E-state index contributed by atoms with van der Waals surface area (Å²) in [4.78, 5) is 32.6. The maximum absolute atomic E-state index is 13.0. The van der Waals surface area contributed by atoms with Gasteiger partial charge in [-0.05, 0) is 30.2 Å². The van der Waals surface area contributed by atoms with Crippen LogP contribution in [-0.2, 0) is 4.79 Å². The smallest absolute Gasteiger partial charge is 0.253 e. The number of carbonyl (C=O) groups is 2. The lowest BCUT2D eigenvalue weighted by Crippen LogP contribution is -2.36. The van der Waals surface area contributed by atoms with E-state index in [-0.39, 0.29) is 11.8 Å². The van der Waals surface area contributed by atoms with Crippen LogP contribution in [0.1, 0.15) is 23.7 Å². The van der Waals surface area contributed by atoms with Crippen LogP contribution in [0.15, 0.2) is 48.9 Å². The molecule has 0 saturated carbocycles. The fraction of sp³-hybridized carbons (Fsp3) is 0.300. The third kappa shape index (κ3) is 3.40. The molecule has 0 N–H and O–H groups in total. The molecule has 4 rings (SSSR count). The summed E-state index contributed by atoms with van der Waals surface area (Å²) in [7, 11) is 0. The number of amides is 2. The third-order valence-corrected chi connectivity index (χ3v) is 4.93. The zero-order valence-electron chi connectivity index (χ0n) is 15.2. The van der Waals surface area contributed by atoms with Crippen molar-refractivity contribution in [2.75, 3.05) is 26.2 Å². The van der Waals surface area contributed by atoms with Crippen molar-refractivity contribution in [1.29, 1.82) is 0 Å². The van der Waals surface area contributed by atoms with Crippen LogP contribution in [0.25, 0.3) is 16.8 Å². The van der Waals surface area contributed by atoms with Gasteiger partial charge in [0.25, 0.3) is 5.91 Å². The summed E-state index contributed by atoms with van der Waals surface area (Å²) in [6, 6.07) is 9.39. The molecule has 7 nitrogen and oxygen atoms in total. The fourth-order valence-electron chi connectivity index (χ4n) is 3.47. The highest BCUT2D eigenvalue weighted by Gasteiger charge is 2.21. The molecule has 0 unspecified atom stereocenters. The monoisotopic (exact) mass is 363 g/mol. The van der Waals surface area contributed by atoms with Gasteiger partial charge in [0.15, 0.2) is 5.65 Å². The molecule has 2 aromatic heterocycles. The molecular weight excluding hydrogens is 342 g/mol. The van der Waals surface area contributed by atoms with Crippen molar-refractivity contribution in [2.45, 2.75) is 13.3 Å². The van der Waals surface area contributed by atoms with E-state index in [1.807, 2.05) is 41.4 Å². The average molecular weight is 363 g/mol. The minimum atomic E-state index is -0.00770. The number of hydrogen-bond acceptors (Lipinski definition) is 4. The van der Waals surface area contributed by atoms with Gasteiger partial charge in [0.2, 0.25) is 5.91 Å². The molecule has 3 aromatic rings. The van der Waals surface area contributed by atoms with Crippen LogP contribution in [0.5, 0.6) is 0 Å². The number of nitrogens with zero attached hydrogens (tertiary/aromatic N) is 5. The molecule has 0 bridgehead atoms. The average Bonchev–Trinajstić information content (AvgIpc) is 2.96. The Morgan fingerprint density at radius 3 is 2.70 bits per heavy atom. The molecule has 1 aliphatic rings. The second-order valence-electron chi connectivity index (χ2n) is 6.68. The van der Waals surface area contributed by atoms with Crippen molar-refractivity contribution in [1.82, 2.24) is 24.4 Å². The van der Waals surface area contributed by atoms with Gasteiger partial charge in [0, 0.05) is 56.6 Å². The van der Waals surface area contributed by atoms with E-state index in [0.29, 0.717) is 31.7 Å². The third-order valence-electron chi connectivity index (χ3n) is 4.93. The molecule has 1 aliphatic heterocycles. The molecule has 7 heteroatoms. The maximum Gasteiger partial charge on any atom is 0.253 e. The summed E-state index contributed by atoms with van der Waals surface area (Å²) in [5.74, 6) is 0.0542. The van der Waals surface area contributed by atoms with Crippen molar-refractivity contribution in [2.24, 2.45) is 0 Å². The van der Waals surface area contributed by atoms with Crippen LogP contribution >= 0.6 is 0 Å². The van der Waals surface area contributed by atoms with Gasteiger partial charge in [0.05, 0.1) is 6.20 Å².